The molecule has 0 spiro atoms. The Kier molecular flexibility index (Phi) is 7.12. The molecule has 202 valence electrons. The van der Waals surface area contributed by atoms with E-state index >= 15 is 0 Å². The van der Waals surface area contributed by atoms with Crippen molar-refractivity contribution in [3.8, 4) is 0 Å². The van der Waals surface area contributed by atoms with Crippen LogP contribution in [0.1, 0.15) is 70.3 Å². The highest BCUT2D eigenvalue weighted by atomic mass is 16.6. The van der Waals surface area contributed by atoms with Gasteiger partial charge in [0.2, 0.25) is 0 Å². The summed E-state index contributed by atoms with van der Waals surface area (Å²) in [5.41, 5.74) is 2.06. The van der Waals surface area contributed by atoms with Crippen LogP contribution < -0.4 is 16.0 Å². The van der Waals surface area contributed by atoms with Crippen LogP contribution in [0.4, 0.5) is 16.4 Å². The molecule has 0 aliphatic carbocycles. The monoisotopic (exact) mass is 511 g/mol. The Hall–Kier alpha value is -2.59. The van der Waals surface area contributed by atoms with Gasteiger partial charge in [-0.1, -0.05) is 13.8 Å². The average Bonchev–Trinajstić information content (AvgIpc) is 3.61. The normalized spacial score (nSPS) is 28.2. The third kappa shape index (κ3) is 5.23. The zero-order chi connectivity index (χ0) is 25.4. The van der Waals surface area contributed by atoms with Gasteiger partial charge in [0, 0.05) is 56.1 Å². The lowest BCUT2D eigenvalue weighted by Crippen LogP contribution is -2.48. The Bertz CT molecular complexity index is 1080. The Morgan fingerprint density at radius 2 is 1.97 bits per heavy atom. The minimum atomic E-state index is -0.106. The number of hydrogen-bond donors (Lipinski definition) is 3. The number of anilines is 2. The fraction of sp³-hybridized carbons (Fsp3) is 0.741. The largest absolute Gasteiger partial charge is 0.445 e. The number of nitrogens with one attached hydrogen (secondary N) is 3. The van der Waals surface area contributed by atoms with Crippen LogP contribution in [0.3, 0.4) is 0 Å². The van der Waals surface area contributed by atoms with Gasteiger partial charge in [-0.15, -0.1) is 0 Å². The van der Waals surface area contributed by atoms with Crippen molar-refractivity contribution in [2.75, 3.05) is 43.5 Å². The number of hydrogen-bond acceptors (Lipinski definition) is 8. The quantitative estimate of drug-likeness (QED) is 0.518. The first-order chi connectivity index (χ1) is 18.0. The van der Waals surface area contributed by atoms with E-state index in [1.165, 1.54) is 0 Å². The summed E-state index contributed by atoms with van der Waals surface area (Å²) in [6, 6.07) is 3.04. The predicted octanol–water partition coefficient (Wildman–Crippen LogP) is 3.60. The first-order valence-electron chi connectivity index (χ1n) is 14.2. The van der Waals surface area contributed by atoms with Crippen LogP contribution in [-0.4, -0.2) is 82.7 Å². The van der Waals surface area contributed by atoms with E-state index in [1.54, 1.807) is 0 Å². The van der Waals surface area contributed by atoms with Gasteiger partial charge in [-0.25, -0.2) is 9.78 Å². The van der Waals surface area contributed by atoms with E-state index in [2.05, 4.69) is 45.9 Å². The molecule has 4 aliphatic heterocycles. The number of aromatic nitrogens is 3. The second-order valence-electron chi connectivity index (χ2n) is 11.6. The van der Waals surface area contributed by atoms with Crippen LogP contribution in [-0.2, 0) is 9.47 Å². The van der Waals surface area contributed by atoms with Gasteiger partial charge >= 0.3 is 6.09 Å². The van der Waals surface area contributed by atoms with Gasteiger partial charge in [-0.3, -0.25) is 0 Å². The van der Waals surface area contributed by atoms with E-state index in [1.807, 2.05) is 10.7 Å². The summed E-state index contributed by atoms with van der Waals surface area (Å²) in [6.07, 6.45) is 8.95. The van der Waals surface area contributed by atoms with E-state index in [0.29, 0.717) is 17.9 Å². The van der Waals surface area contributed by atoms with Crippen LogP contribution >= 0.6 is 0 Å². The maximum atomic E-state index is 12.9. The van der Waals surface area contributed by atoms with Crippen molar-refractivity contribution in [2.24, 2.45) is 5.92 Å². The van der Waals surface area contributed by atoms with Crippen molar-refractivity contribution in [1.82, 2.24) is 24.8 Å². The maximum absolute atomic E-state index is 12.9. The number of fused-ring (bicyclic) bond motifs is 3. The molecule has 2 bridgehead atoms. The Balaban J connectivity index is 1.14. The Morgan fingerprint density at radius 3 is 2.68 bits per heavy atom. The summed E-state index contributed by atoms with van der Waals surface area (Å²) in [6.45, 7) is 8.52. The van der Waals surface area contributed by atoms with E-state index in [9.17, 15) is 4.79 Å². The Labute approximate surface area is 218 Å². The van der Waals surface area contributed by atoms with Gasteiger partial charge in [0.1, 0.15) is 17.7 Å². The molecule has 2 aromatic rings. The number of rotatable bonds is 7. The third-order valence-corrected chi connectivity index (χ3v) is 8.59. The van der Waals surface area contributed by atoms with Gasteiger partial charge in [-0.05, 0) is 63.3 Å². The zero-order valence-corrected chi connectivity index (χ0v) is 22.1. The molecular weight excluding hydrogens is 470 g/mol. The van der Waals surface area contributed by atoms with Crippen molar-refractivity contribution >= 4 is 23.4 Å². The van der Waals surface area contributed by atoms with Crippen LogP contribution in [0.15, 0.2) is 12.3 Å². The minimum Gasteiger partial charge on any atom is -0.445 e. The van der Waals surface area contributed by atoms with Gasteiger partial charge in [0.05, 0.1) is 6.20 Å². The van der Waals surface area contributed by atoms with Crippen molar-refractivity contribution in [3.05, 3.63) is 17.8 Å². The van der Waals surface area contributed by atoms with E-state index < -0.39 is 0 Å². The molecule has 6 heterocycles. The Morgan fingerprint density at radius 1 is 1.19 bits per heavy atom. The second kappa shape index (κ2) is 10.6. The summed E-state index contributed by atoms with van der Waals surface area (Å²) in [4.78, 5) is 19.9. The lowest BCUT2D eigenvalue weighted by atomic mass is 9.91. The topological polar surface area (TPSA) is 105 Å². The number of ether oxygens (including phenoxy) is 2. The molecule has 3 N–H and O–H groups in total. The highest BCUT2D eigenvalue weighted by Crippen LogP contribution is 2.39. The highest BCUT2D eigenvalue weighted by Gasteiger charge is 2.44. The summed E-state index contributed by atoms with van der Waals surface area (Å²) in [5.74, 6) is 2.71. The van der Waals surface area contributed by atoms with E-state index in [-0.39, 0.29) is 24.3 Å². The molecule has 10 nitrogen and oxygen atoms in total. The average molecular weight is 512 g/mol. The molecule has 0 radical (unpaired) electrons. The molecule has 6 rings (SSSR count). The fourth-order valence-electron chi connectivity index (χ4n) is 6.57. The maximum Gasteiger partial charge on any atom is 0.410 e. The number of amides is 1. The molecule has 3 atom stereocenters. The van der Waals surface area contributed by atoms with E-state index in [0.717, 1.165) is 101 Å². The highest BCUT2D eigenvalue weighted by molar-refractivity contribution is 5.69. The molecule has 4 aliphatic rings. The van der Waals surface area contributed by atoms with Crippen molar-refractivity contribution in [3.63, 3.8) is 0 Å². The number of nitrogens with zero attached hydrogens (tertiary/aromatic N) is 4. The summed E-state index contributed by atoms with van der Waals surface area (Å²) in [7, 11) is 0. The van der Waals surface area contributed by atoms with Crippen molar-refractivity contribution < 1.29 is 14.3 Å². The van der Waals surface area contributed by atoms with Crippen molar-refractivity contribution in [1.29, 1.82) is 0 Å². The van der Waals surface area contributed by atoms with Crippen LogP contribution in [0.5, 0.6) is 0 Å². The fourth-order valence-corrected chi connectivity index (χ4v) is 6.57. The van der Waals surface area contributed by atoms with Crippen molar-refractivity contribution in [2.45, 2.75) is 88.9 Å². The van der Waals surface area contributed by atoms with Gasteiger partial charge in [-0.2, -0.15) is 9.61 Å². The lowest BCUT2D eigenvalue weighted by Gasteiger charge is -2.38. The number of piperidine rings is 1. The van der Waals surface area contributed by atoms with Crippen LogP contribution in [0.2, 0.25) is 0 Å². The van der Waals surface area contributed by atoms with Gasteiger partial charge in [0.25, 0.3) is 0 Å². The van der Waals surface area contributed by atoms with Gasteiger partial charge < -0.3 is 30.3 Å². The molecule has 4 fully saturated rings. The SMILES string of the molecule is CC(C)c1cnn2c(NCC3CC4CCC(C3)N4C(=O)OC3CCNC3)cc(NC3CCOCC3)nc12. The smallest absolute Gasteiger partial charge is 0.410 e. The molecule has 10 heteroatoms. The first kappa shape index (κ1) is 24.7. The predicted molar refractivity (Wildman–Crippen MR) is 142 cm³/mol. The molecule has 37 heavy (non-hydrogen) atoms. The molecule has 1 amide bonds. The number of carbonyl (C=O) groups excluding carboxylic acids is 1. The second-order valence-corrected chi connectivity index (χ2v) is 11.6. The first-order valence-corrected chi connectivity index (χ1v) is 14.2. The number of carbonyl (C=O) groups is 1. The molecule has 0 aromatic carbocycles. The molecule has 2 aromatic heterocycles. The van der Waals surface area contributed by atoms with Crippen LogP contribution in [0.25, 0.3) is 5.65 Å². The molecule has 0 saturated carbocycles. The van der Waals surface area contributed by atoms with Gasteiger partial charge in [0.15, 0.2) is 5.65 Å². The standard InChI is InChI=1S/C27H41N7O3/c1-17(2)23-16-30-34-25(13-24(32-26(23)34)31-19-6-9-36-10-7-19)29-14-18-11-20-3-4-21(12-18)33(20)27(35)37-22-5-8-28-15-22/h13,16-22,28-29H,3-12,14-15H2,1-2H3,(H,31,32). The minimum absolute atomic E-state index is 0.0223. The lowest BCUT2D eigenvalue weighted by molar-refractivity contribution is 0.0370. The third-order valence-electron chi connectivity index (χ3n) is 8.59. The molecular formula is C27H41N7O3. The summed E-state index contributed by atoms with van der Waals surface area (Å²) >= 11 is 0. The molecule has 3 unspecified atom stereocenters. The molecule has 4 saturated heterocycles. The van der Waals surface area contributed by atoms with E-state index in [4.69, 9.17) is 14.5 Å². The van der Waals surface area contributed by atoms with Crippen LogP contribution in [0, 0.1) is 5.92 Å². The summed E-state index contributed by atoms with van der Waals surface area (Å²) in [5, 5.41) is 15.3. The summed E-state index contributed by atoms with van der Waals surface area (Å²) < 4.78 is 13.3. The zero-order valence-electron chi connectivity index (χ0n) is 22.1.